The number of carbonyl (C=O) groups excluding carboxylic acids is 2. The zero-order chi connectivity index (χ0) is 18.0. The van der Waals surface area contributed by atoms with Gasteiger partial charge in [-0.2, -0.15) is 4.31 Å². The molecule has 2 N–H and O–H groups in total. The summed E-state index contributed by atoms with van der Waals surface area (Å²) in [6, 6.07) is 6.10. The molecule has 2 aliphatic rings. The molecular formula is C16H22N4O4S. The van der Waals surface area contributed by atoms with Crippen molar-refractivity contribution in [3.63, 3.8) is 0 Å². The van der Waals surface area contributed by atoms with Gasteiger partial charge in [-0.3, -0.25) is 9.59 Å². The largest absolute Gasteiger partial charge is 0.354 e. The van der Waals surface area contributed by atoms with E-state index in [2.05, 4.69) is 10.6 Å². The molecule has 3 rings (SSSR count). The molecule has 0 bridgehead atoms. The highest BCUT2D eigenvalue weighted by Crippen LogP contribution is 2.19. The normalized spacial score (nSPS) is 22.5. The summed E-state index contributed by atoms with van der Waals surface area (Å²) in [5.41, 5.74) is 0.344. The Morgan fingerprint density at radius 1 is 1.24 bits per heavy atom. The molecule has 2 amide bonds. The molecule has 0 saturated carbocycles. The Labute approximate surface area is 147 Å². The van der Waals surface area contributed by atoms with Crippen LogP contribution in [0.2, 0.25) is 0 Å². The first-order valence-corrected chi connectivity index (χ1v) is 9.72. The lowest BCUT2D eigenvalue weighted by Crippen LogP contribution is -2.52. The third kappa shape index (κ3) is 3.68. The van der Waals surface area contributed by atoms with Gasteiger partial charge in [0.15, 0.2) is 0 Å². The Morgan fingerprint density at radius 2 is 2.04 bits per heavy atom. The fraction of sp³-hybridized carbons (Fsp3) is 0.500. The molecule has 1 unspecified atom stereocenters. The molecule has 2 aliphatic heterocycles. The van der Waals surface area contributed by atoms with Crippen LogP contribution in [0.15, 0.2) is 29.2 Å². The maximum absolute atomic E-state index is 12.8. The molecule has 0 aromatic heterocycles. The van der Waals surface area contributed by atoms with Crippen LogP contribution in [0.25, 0.3) is 0 Å². The first-order chi connectivity index (χ1) is 11.9. The Balaban J connectivity index is 1.85. The molecule has 9 heteroatoms. The van der Waals surface area contributed by atoms with E-state index < -0.39 is 10.0 Å². The van der Waals surface area contributed by atoms with E-state index in [0.29, 0.717) is 18.7 Å². The number of sulfonamides is 1. The predicted molar refractivity (Wildman–Crippen MR) is 91.6 cm³/mol. The van der Waals surface area contributed by atoms with Crippen molar-refractivity contribution < 1.29 is 18.0 Å². The molecule has 8 nitrogen and oxygen atoms in total. The van der Waals surface area contributed by atoms with Crippen LogP contribution in [0.5, 0.6) is 0 Å². The van der Waals surface area contributed by atoms with E-state index in [-0.39, 0.29) is 42.4 Å². The van der Waals surface area contributed by atoms with Gasteiger partial charge in [-0.15, -0.1) is 0 Å². The van der Waals surface area contributed by atoms with Crippen molar-refractivity contribution in [3.8, 4) is 0 Å². The lowest BCUT2D eigenvalue weighted by Gasteiger charge is -2.34. The van der Waals surface area contributed by atoms with Gasteiger partial charge in [0.25, 0.3) is 5.91 Å². The zero-order valence-electron chi connectivity index (χ0n) is 14.1. The lowest BCUT2D eigenvalue weighted by atomic mass is 10.1. The standard InChI is InChI=1S/C16H22N4O4S/c1-12-10-17-5-8-20(12)16(22)13-3-2-4-14(9-13)25(23,24)19-7-6-18-15(21)11-19/h2-4,9,12,17H,5-8,10-11H2,1H3,(H,18,21). The van der Waals surface area contributed by atoms with Crippen molar-refractivity contribution >= 4 is 21.8 Å². The highest BCUT2D eigenvalue weighted by Gasteiger charge is 2.30. The molecule has 1 atom stereocenters. The van der Waals surface area contributed by atoms with Gasteiger partial charge in [-0.1, -0.05) is 6.07 Å². The van der Waals surface area contributed by atoms with Gasteiger partial charge in [0.2, 0.25) is 15.9 Å². The van der Waals surface area contributed by atoms with Crippen molar-refractivity contribution in [2.24, 2.45) is 0 Å². The Morgan fingerprint density at radius 3 is 2.76 bits per heavy atom. The predicted octanol–water partition coefficient (Wildman–Crippen LogP) is -0.759. The van der Waals surface area contributed by atoms with Crippen LogP contribution in [0.4, 0.5) is 0 Å². The van der Waals surface area contributed by atoms with Gasteiger partial charge in [-0.05, 0) is 25.1 Å². The fourth-order valence-corrected chi connectivity index (χ4v) is 4.51. The number of amides is 2. The third-order valence-corrected chi connectivity index (χ3v) is 6.33. The van der Waals surface area contributed by atoms with Crippen molar-refractivity contribution in [2.45, 2.75) is 17.9 Å². The van der Waals surface area contributed by atoms with Crippen molar-refractivity contribution in [1.29, 1.82) is 0 Å². The number of piperazine rings is 2. The lowest BCUT2D eigenvalue weighted by molar-refractivity contribution is -0.122. The number of nitrogens with one attached hydrogen (secondary N) is 2. The number of hydrogen-bond acceptors (Lipinski definition) is 5. The smallest absolute Gasteiger partial charge is 0.254 e. The maximum atomic E-state index is 12.8. The van der Waals surface area contributed by atoms with Gasteiger partial charge in [0.1, 0.15) is 0 Å². The summed E-state index contributed by atoms with van der Waals surface area (Å²) in [7, 11) is -3.81. The van der Waals surface area contributed by atoms with Crippen LogP contribution < -0.4 is 10.6 Å². The molecule has 1 aromatic carbocycles. The van der Waals surface area contributed by atoms with Crippen LogP contribution in [-0.4, -0.2) is 74.7 Å². The number of rotatable bonds is 3. The highest BCUT2D eigenvalue weighted by atomic mass is 32.2. The monoisotopic (exact) mass is 366 g/mol. The van der Waals surface area contributed by atoms with Gasteiger partial charge >= 0.3 is 0 Å². The van der Waals surface area contributed by atoms with E-state index in [4.69, 9.17) is 0 Å². The average Bonchev–Trinajstić information content (AvgIpc) is 2.62. The van der Waals surface area contributed by atoms with Crippen molar-refractivity contribution in [2.75, 3.05) is 39.3 Å². The summed E-state index contributed by atoms with van der Waals surface area (Å²) in [5.74, 6) is -0.501. The zero-order valence-corrected chi connectivity index (χ0v) is 14.9. The number of nitrogens with zero attached hydrogens (tertiary/aromatic N) is 2. The number of benzene rings is 1. The minimum Gasteiger partial charge on any atom is -0.354 e. The molecule has 1 aromatic rings. The molecule has 0 spiro atoms. The summed E-state index contributed by atoms with van der Waals surface area (Å²) >= 11 is 0. The number of hydrogen-bond donors (Lipinski definition) is 2. The summed E-state index contributed by atoms with van der Waals surface area (Å²) in [6.07, 6.45) is 0. The minimum absolute atomic E-state index is 0.0378. The van der Waals surface area contributed by atoms with E-state index in [9.17, 15) is 18.0 Å². The van der Waals surface area contributed by atoms with Crippen molar-refractivity contribution in [1.82, 2.24) is 19.8 Å². The van der Waals surface area contributed by atoms with E-state index >= 15 is 0 Å². The van der Waals surface area contributed by atoms with E-state index in [1.165, 1.54) is 12.1 Å². The summed E-state index contributed by atoms with van der Waals surface area (Å²) < 4.78 is 26.7. The second-order valence-electron chi connectivity index (χ2n) is 6.27. The topological polar surface area (TPSA) is 98.8 Å². The fourth-order valence-electron chi connectivity index (χ4n) is 3.07. The molecule has 2 heterocycles. The quantitative estimate of drug-likeness (QED) is 0.733. The Kier molecular flexibility index (Phi) is 5.07. The first kappa shape index (κ1) is 17.8. The molecule has 136 valence electrons. The second kappa shape index (κ2) is 7.11. The van der Waals surface area contributed by atoms with Crippen LogP contribution in [0.1, 0.15) is 17.3 Å². The van der Waals surface area contributed by atoms with Gasteiger partial charge in [0, 0.05) is 44.3 Å². The first-order valence-electron chi connectivity index (χ1n) is 8.28. The second-order valence-corrected chi connectivity index (χ2v) is 8.21. The van der Waals surface area contributed by atoms with Gasteiger partial charge < -0.3 is 15.5 Å². The van der Waals surface area contributed by atoms with E-state index in [1.54, 1.807) is 17.0 Å². The Bertz CT molecular complexity index is 780. The average molecular weight is 366 g/mol. The Hall–Kier alpha value is -1.97. The van der Waals surface area contributed by atoms with Gasteiger partial charge in [-0.25, -0.2) is 8.42 Å². The van der Waals surface area contributed by atoms with Gasteiger partial charge in [0.05, 0.1) is 11.4 Å². The van der Waals surface area contributed by atoms with E-state index in [0.717, 1.165) is 10.8 Å². The van der Waals surface area contributed by atoms with E-state index in [1.807, 2.05) is 6.92 Å². The molecule has 25 heavy (non-hydrogen) atoms. The van der Waals surface area contributed by atoms with Crippen LogP contribution in [0.3, 0.4) is 0 Å². The highest BCUT2D eigenvalue weighted by molar-refractivity contribution is 7.89. The molecule has 2 fully saturated rings. The van der Waals surface area contributed by atoms with Crippen LogP contribution >= 0.6 is 0 Å². The molecule has 0 aliphatic carbocycles. The molecular weight excluding hydrogens is 344 g/mol. The minimum atomic E-state index is -3.81. The maximum Gasteiger partial charge on any atom is 0.254 e. The summed E-state index contributed by atoms with van der Waals surface area (Å²) in [4.78, 5) is 26.0. The third-order valence-electron chi connectivity index (χ3n) is 4.48. The molecule has 0 radical (unpaired) electrons. The van der Waals surface area contributed by atoms with Crippen molar-refractivity contribution in [3.05, 3.63) is 29.8 Å². The van der Waals surface area contributed by atoms with Crippen LogP contribution in [-0.2, 0) is 14.8 Å². The summed E-state index contributed by atoms with van der Waals surface area (Å²) in [5, 5.41) is 5.82. The summed E-state index contributed by atoms with van der Waals surface area (Å²) in [6.45, 7) is 4.29. The van der Waals surface area contributed by atoms with Crippen LogP contribution in [0, 0.1) is 0 Å². The SMILES string of the molecule is CC1CNCCN1C(=O)c1cccc(S(=O)(=O)N2CCNC(=O)C2)c1. The number of carbonyl (C=O) groups is 2. The molecule has 2 saturated heterocycles.